The van der Waals surface area contributed by atoms with Crippen LogP contribution in [-0.4, -0.2) is 26.4 Å². The molecule has 2 aromatic carbocycles. The maximum atomic E-state index is 13.2. The first kappa shape index (κ1) is 22.9. The van der Waals surface area contributed by atoms with Crippen molar-refractivity contribution < 1.29 is 27.2 Å². The Hall–Kier alpha value is -1.26. The van der Waals surface area contributed by atoms with E-state index in [0.717, 1.165) is 33.4 Å². The smallest absolute Gasteiger partial charge is 0.307 e. The molecule has 0 saturated carbocycles. The van der Waals surface area contributed by atoms with Crippen LogP contribution in [0.15, 0.2) is 36.4 Å². The van der Waals surface area contributed by atoms with Gasteiger partial charge in [-0.25, -0.2) is 0 Å². The van der Waals surface area contributed by atoms with Crippen molar-refractivity contribution in [3.63, 3.8) is 0 Å². The lowest BCUT2D eigenvalue weighted by Gasteiger charge is -2.43. The average Bonchev–Trinajstić information content (AvgIpc) is 2.73. The molecule has 2 aliphatic rings. The summed E-state index contributed by atoms with van der Waals surface area (Å²) < 4.78 is 49.5. The van der Waals surface area contributed by atoms with E-state index in [0.29, 0.717) is 0 Å². The van der Waals surface area contributed by atoms with Crippen molar-refractivity contribution in [2.24, 2.45) is 5.41 Å². The number of hydrogen-bond acceptors (Lipinski definition) is 6. The Morgan fingerprint density at radius 1 is 0.645 bits per heavy atom. The molecule has 0 unspecified atom stereocenters. The summed E-state index contributed by atoms with van der Waals surface area (Å²) in [6.07, 6.45) is 0.489. The molecule has 0 N–H and O–H groups in total. The molecule has 2 heterocycles. The van der Waals surface area contributed by atoms with Crippen molar-refractivity contribution in [3.8, 4) is 0 Å². The maximum absolute atomic E-state index is 13.2. The van der Waals surface area contributed by atoms with Gasteiger partial charge in [-0.15, -0.1) is 0 Å². The second-order valence-corrected chi connectivity index (χ2v) is 13.0. The van der Waals surface area contributed by atoms with E-state index in [1.54, 1.807) is 0 Å². The minimum atomic E-state index is -3.26. The van der Waals surface area contributed by atoms with Gasteiger partial charge < -0.3 is 18.1 Å². The van der Waals surface area contributed by atoms with Gasteiger partial charge in [0.05, 0.1) is 44.2 Å². The lowest BCUT2D eigenvalue weighted by Crippen LogP contribution is -2.45. The van der Waals surface area contributed by atoms with Crippen molar-refractivity contribution in [2.75, 3.05) is 26.4 Å². The molecule has 168 valence electrons. The molecule has 2 aromatic rings. The van der Waals surface area contributed by atoms with Crippen LogP contribution in [0.25, 0.3) is 0 Å². The van der Waals surface area contributed by atoms with Gasteiger partial charge >= 0.3 is 15.2 Å². The van der Waals surface area contributed by atoms with Crippen molar-refractivity contribution in [1.29, 1.82) is 0 Å². The molecular formula is C23H30O6P2. The Labute approximate surface area is 184 Å². The average molecular weight is 464 g/mol. The van der Waals surface area contributed by atoms with Crippen LogP contribution >= 0.6 is 15.2 Å². The normalized spacial score (nSPS) is 31.1. The van der Waals surface area contributed by atoms with Gasteiger partial charge in [0.25, 0.3) is 0 Å². The molecule has 0 bridgehead atoms. The quantitative estimate of drug-likeness (QED) is 0.510. The molecular weight excluding hydrogens is 434 g/mol. The molecule has 0 radical (unpaired) electrons. The van der Waals surface area contributed by atoms with E-state index < -0.39 is 20.6 Å². The molecule has 0 aliphatic carbocycles. The predicted molar refractivity (Wildman–Crippen MR) is 121 cm³/mol. The minimum absolute atomic E-state index is 0.193. The molecule has 0 atom stereocenters. The van der Waals surface area contributed by atoms with E-state index in [4.69, 9.17) is 18.1 Å². The Kier molecular flexibility index (Phi) is 6.35. The van der Waals surface area contributed by atoms with Crippen LogP contribution in [0.3, 0.4) is 0 Å². The third-order valence-electron chi connectivity index (χ3n) is 6.26. The highest BCUT2D eigenvalue weighted by Crippen LogP contribution is 2.61. The zero-order valence-electron chi connectivity index (χ0n) is 18.6. The van der Waals surface area contributed by atoms with Gasteiger partial charge in [-0.05, 0) is 61.1 Å². The fourth-order valence-corrected chi connectivity index (χ4v) is 8.20. The molecule has 2 fully saturated rings. The summed E-state index contributed by atoms with van der Waals surface area (Å²) in [5.74, 6) is 0. The predicted octanol–water partition coefficient (Wildman–Crippen LogP) is 6.09. The highest BCUT2D eigenvalue weighted by Gasteiger charge is 2.48. The van der Waals surface area contributed by atoms with Crippen LogP contribution in [0, 0.1) is 33.1 Å². The third-order valence-corrected chi connectivity index (χ3v) is 9.76. The second kappa shape index (κ2) is 8.59. The molecule has 6 nitrogen and oxygen atoms in total. The first-order chi connectivity index (χ1) is 14.6. The number of aryl methyl sites for hydroxylation is 4. The Morgan fingerprint density at radius 3 is 1.23 bits per heavy atom. The van der Waals surface area contributed by atoms with E-state index >= 15 is 0 Å². The summed E-state index contributed by atoms with van der Waals surface area (Å²) in [5.41, 5.74) is 5.67. The van der Waals surface area contributed by atoms with Crippen LogP contribution in [-0.2, 0) is 39.5 Å². The molecule has 4 rings (SSSR count). The summed E-state index contributed by atoms with van der Waals surface area (Å²) in [7, 11) is -6.52. The van der Waals surface area contributed by atoms with Gasteiger partial charge in [0.2, 0.25) is 0 Å². The molecule has 0 amide bonds. The Bertz CT molecular complexity index is 926. The van der Waals surface area contributed by atoms with E-state index in [1.165, 1.54) is 0 Å². The monoisotopic (exact) mass is 464 g/mol. The third kappa shape index (κ3) is 4.90. The van der Waals surface area contributed by atoms with Crippen molar-refractivity contribution in [3.05, 3.63) is 69.8 Å². The lowest BCUT2D eigenvalue weighted by atomic mass is 9.93. The summed E-state index contributed by atoms with van der Waals surface area (Å²) in [4.78, 5) is 0. The zero-order valence-corrected chi connectivity index (χ0v) is 20.3. The molecule has 2 aliphatic heterocycles. The van der Waals surface area contributed by atoms with Gasteiger partial charge in [-0.2, -0.15) is 0 Å². The van der Waals surface area contributed by atoms with Gasteiger partial charge in [0.15, 0.2) is 0 Å². The SMILES string of the molecule is Cc1cccc(C)c1CP1(=O)OCC2(CO1)COP(=O)(Cc1c(C)cccc1C)OC2. The highest BCUT2D eigenvalue weighted by molar-refractivity contribution is 7.53. The largest absolute Gasteiger partial charge is 0.335 e. The van der Waals surface area contributed by atoms with Crippen LogP contribution < -0.4 is 0 Å². The molecule has 2 saturated heterocycles. The Morgan fingerprint density at radius 2 is 0.935 bits per heavy atom. The van der Waals surface area contributed by atoms with E-state index in [1.807, 2.05) is 64.1 Å². The zero-order chi connectivity index (χ0) is 22.3. The van der Waals surface area contributed by atoms with Crippen LogP contribution in [0.2, 0.25) is 0 Å². The molecule has 0 aromatic heterocycles. The molecule has 8 heteroatoms. The number of rotatable bonds is 4. The summed E-state index contributed by atoms with van der Waals surface area (Å²) in [6, 6.07) is 11.9. The molecule has 31 heavy (non-hydrogen) atoms. The maximum Gasteiger partial charge on any atom is 0.335 e. The lowest BCUT2D eigenvalue weighted by molar-refractivity contribution is -0.0690. The minimum Gasteiger partial charge on any atom is -0.307 e. The fraction of sp³-hybridized carbons (Fsp3) is 0.478. The van der Waals surface area contributed by atoms with Gasteiger partial charge in [-0.3, -0.25) is 9.13 Å². The summed E-state index contributed by atoms with van der Waals surface area (Å²) in [5, 5.41) is 0. The summed E-state index contributed by atoms with van der Waals surface area (Å²) >= 11 is 0. The van der Waals surface area contributed by atoms with E-state index in [9.17, 15) is 9.13 Å². The van der Waals surface area contributed by atoms with Crippen LogP contribution in [0.4, 0.5) is 0 Å². The van der Waals surface area contributed by atoms with Crippen LogP contribution in [0.5, 0.6) is 0 Å². The summed E-state index contributed by atoms with van der Waals surface area (Å²) in [6.45, 7) is 8.76. The van der Waals surface area contributed by atoms with E-state index in [2.05, 4.69) is 0 Å². The standard InChI is InChI=1S/C23H30O6P2/c1-17-7-5-8-18(2)21(17)11-30(24)26-13-23(14-27-30)15-28-31(25,29-16-23)12-22-19(3)9-6-10-20(22)4/h5-10H,11-16H2,1-4H3. The highest BCUT2D eigenvalue weighted by atomic mass is 31.2. The van der Waals surface area contributed by atoms with E-state index in [-0.39, 0.29) is 38.8 Å². The first-order valence-corrected chi connectivity index (χ1v) is 13.9. The Balaban J connectivity index is 1.39. The first-order valence-electron chi connectivity index (χ1n) is 10.5. The number of hydrogen-bond donors (Lipinski definition) is 0. The van der Waals surface area contributed by atoms with Crippen molar-refractivity contribution >= 4 is 15.2 Å². The van der Waals surface area contributed by atoms with Crippen LogP contribution in [0.1, 0.15) is 33.4 Å². The topological polar surface area (TPSA) is 71.1 Å². The number of benzene rings is 2. The van der Waals surface area contributed by atoms with Gasteiger partial charge in [-0.1, -0.05) is 36.4 Å². The van der Waals surface area contributed by atoms with Gasteiger partial charge in [0, 0.05) is 0 Å². The van der Waals surface area contributed by atoms with Crippen molar-refractivity contribution in [2.45, 2.75) is 40.0 Å². The van der Waals surface area contributed by atoms with Crippen molar-refractivity contribution in [1.82, 2.24) is 0 Å². The van der Waals surface area contributed by atoms with Gasteiger partial charge in [0.1, 0.15) is 0 Å². The fourth-order valence-electron chi connectivity index (χ4n) is 4.03. The second-order valence-electron chi connectivity index (χ2n) is 8.87. The molecule has 1 spiro atoms.